The van der Waals surface area contributed by atoms with Gasteiger partial charge in [0.1, 0.15) is 5.82 Å². The van der Waals surface area contributed by atoms with Crippen molar-refractivity contribution in [3.05, 3.63) is 35.1 Å². The van der Waals surface area contributed by atoms with Crippen LogP contribution < -0.4 is 0 Å². The minimum absolute atomic E-state index is 0.0445. The van der Waals surface area contributed by atoms with Gasteiger partial charge in [0, 0.05) is 0 Å². The maximum Gasteiger partial charge on any atom is 0.303 e. The van der Waals surface area contributed by atoms with Crippen molar-refractivity contribution in [2.45, 2.75) is 32.1 Å². The van der Waals surface area contributed by atoms with Gasteiger partial charge in [0.15, 0.2) is 0 Å². The molecular formula is C13H15FO2. The molecule has 0 bridgehead atoms. The Morgan fingerprint density at radius 1 is 1.56 bits per heavy atom. The molecule has 0 saturated carbocycles. The summed E-state index contributed by atoms with van der Waals surface area (Å²) in [7, 11) is 0. The van der Waals surface area contributed by atoms with Crippen LogP contribution in [0.2, 0.25) is 0 Å². The molecule has 1 aromatic carbocycles. The van der Waals surface area contributed by atoms with Crippen LogP contribution in [-0.4, -0.2) is 11.1 Å². The third-order valence-corrected chi connectivity index (χ3v) is 3.46. The normalized spacial score (nSPS) is 23.9. The highest BCUT2D eigenvalue weighted by atomic mass is 19.1. The Hall–Kier alpha value is -1.38. The molecule has 2 rings (SSSR count). The maximum atomic E-state index is 13.2. The van der Waals surface area contributed by atoms with Crippen LogP contribution in [0, 0.1) is 11.7 Å². The average Bonchev–Trinajstić information content (AvgIpc) is 2.22. The van der Waals surface area contributed by atoms with Gasteiger partial charge in [-0.1, -0.05) is 13.0 Å². The van der Waals surface area contributed by atoms with Crippen LogP contribution in [0.5, 0.6) is 0 Å². The highest BCUT2D eigenvalue weighted by molar-refractivity contribution is 5.68. The zero-order valence-corrected chi connectivity index (χ0v) is 9.24. The van der Waals surface area contributed by atoms with Crippen LogP contribution in [-0.2, 0) is 11.2 Å². The smallest absolute Gasteiger partial charge is 0.303 e. The fourth-order valence-electron chi connectivity index (χ4n) is 2.53. The first-order valence-corrected chi connectivity index (χ1v) is 5.58. The standard InChI is InChI=1S/C13H15FO2/c1-8-2-3-9-4-5-10(14)6-12(9)11(8)7-13(15)16/h4-6,8,11H,2-3,7H2,1H3,(H,15,16). The highest BCUT2D eigenvalue weighted by Crippen LogP contribution is 2.38. The Balaban J connectivity index is 2.38. The van der Waals surface area contributed by atoms with Crippen molar-refractivity contribution in [3.63, 3.8) is 0 Å². The van der Waals surface area contributed by atoms with Crippen LogP contribution in [0.1, 0.15) is 36.8 Å². The minimum atomic E-state index is -0.811. The monoisotopic (exact) mass is 222 g/mol. The van der Waals surface area contributed by atoms with E-state index in [1.807, 2.05) is 6.92 Å². The van der Waals surface area contributed by atoms with E-state index in [-0.39, 0.29) is 18.2 Å². The quantitative estimate of drug-likeness (QED) is 0.835. The van der Waals surface area contributed by atoms with Crippen molar-refractivity contribution >= 4 is 5.97 Å². The van der Waals surface area contributed by atoms with E-state index in [9.17, 15) is 9.18 Å². The molecule has 0 radical (unpaired) electrons. The molecule has 86 valence electrons. The first-order valence-electron chi connectivity index (χ1n) is 5.58. The largest absolute Gasteiger partial charge is 0.481 e. The number of halogens is 1. The molecule has 2 unspecified atom stereocenters. The van der Waals surface area contributed by atoms with Crippen molar-refractivity contribution in [1.29, 1.82) is 0 Å². The SMILES string of the molecule is CC1CCc2ccc(F)cc2C1CC(=O)O. The Morgan fingerprint density at radius 2 is 2.31 bits per heavy atom. The fourth-order valence-corrected chi connectivity index (χ4v) is 2.53. The average molecular weight is 222 g/mol. The molecule has 2 atom stereocenters. The molecule has 0 aliphatic heterocycles. The number of carboxylic acids is 1. The van der Waals surface area contributed by atoms with Gasteiger partial charge < -0.3 is 5.11 Å². The molecule has 0 amide bonds. The second-order valence-corrected chi connectivity index (χ2v) is 4.56. The molecule has 16 heavy (non-hydrogen) atoms. The molecule has 1 N–H and O–H groups in total. The number of aryl methyl sites for hydroxylation is 1. The summed E-state index contributed by atoms with van der Waals surface area (Å²) in [6.07, 6.45) is 2.00. The van der Waals surface area contributed by atoms with Crippen LogP contribution in [0.4, 0.5) is 4.39 Å². The summed E-state index contributed by atoms with van der Waals surface area (Å²) in [5, 5.41) is 8.88. The summed E-state index contributed by atoms with van der Waals surface area (Å²) in [6.45, 7) is 2.04. The van der Waals surface area contributed by atoms with Gasteiger partial charge in [0.05, 0.1) is 6.42 Å². The molecule has 2 nitrogen and oxygen atoms in total. The summed E-state index contributed by atoms with van der Waals surface area (Å²) in [4.78, 5) is 10.8. The van der Waals surface area contributed by atoms with E-state index in [1.165, 1.54) is 12.1 Å². The number of carbonyl (C=O) groups is 1. The lowest BCUT2D eigenvalue weighted by molar-refractivity contribution is -0.137. The van der Waals surface area contributed by atoms with Gasteiger partial charge in [-0.25, -0.2) is 4.39 Å². The zero-order chi connectivity index (χ0) is 11.7. The first kappa shape index (κ1) is 11.1. The maximum absolute atomic E-state index is 13.2. The third-order valence-electron chi connectivity index (χ3n) is 3.46. The summed E-state index contributed by atoms with van der Waals surface area (Å²) in [5.41, 5.74) is 1.99. The molecule has 3 heteroatoms. The summed E-state index contributed by atoms with van der Waals surface area (Å²) in [6, 6.07) is 4.73. The van der Waals surface area contributed by atoms with Crippen molar-refractivity contribution in [3.8, 4) is 0 Å². The number of hydrogen-bond acceptors (Lipinski definition) is 1. The Kier molecular flexibility index (Phi) is 2.95. The highest BCUT2D eigenvalue weighted by Gasteiger charge is 2.28. The van der Waals surface area contributed by atoms with Gasteiger partial charge >= 0.3 is 5.97 Å². The first-order chi connectivity index (χ1) is 7.58. The van der Waals surface area contributed by atoms with Crippen LogP contribution in [0.15, 0.2) is 18.2 Å². The predicted octanol–water partition coefficient (Wildman–Crippen LogP) is 2.97. The molecule has 0 saturated heterocycles. The van der Waals surface area contributed by atoms with Gasteiger partial charge in [-0.3, -0.25) is 4.79 Å². The van der Waals surface area contributed by atoms with Crippen LogP contribution >= 0.6 is 0 Å². The molecule has 1 aromatic rings. The molecule has 1 aliphatic rings. The molecule has 0 fully saturated rings. The van der Waals surface area contributed by atoms with Crippen LogP contribution in [0.3, 0.4) is 0 Å². The Bertz CT molecular complexity index is 414. The zero-order valence-electron chi connectivity index (χ0n) is 9.24. The second kappa shape index (κ2) is 4.24. The van der Waals surface area contributed by atoms with Gasteiger partial charge in [0.2, 0.25) is 0 Å². The van der Waals surface area contributed by atoms with E-state index >= 15 is 0 Å². The van der Waals surface area contributed by atoms with Gasteiger partial charge in [0.25, 0.3) is 0 Å². The minimum Gasteiger partial charge on any atom is -0.481 e. The Morgan fingerprint density at radius 3 is 3.00 bits per heavy atom. The molecular weight excluding hydrogens is 207 g/mol. The van der Waals surface area contributed by atoms with Crippen molar-refractivity contribution in [1.82, 2.24) is 0 Å². The van der Waals surface area contributed by atoms with Gasteiger partial charge in [-0.2, -0.15) is 0 Å². The van der Waals surface area contributed by atoms with E-state index in [2.05, 4.69) is 0 Å². The fraction of sp³-hybridized carbons (Fsp3) is 0.462. The number of carboxylic acid groups (broad SMARTS) is 1. The predicted molar refractivity (Wildman–Crippen MR) is 58.9 cm³/mol. The molecule has 0 heterocycles. The van der Waals surface area contributed by atoms with Crippen molar-refractivity contribution in [2.75, 3.05) is 0 Å². The molecule has 0 aromatic heterocycles. The number of hydrogen-bond donors (Lipinski definition) is 1. The van der Waals surface area contributed by atoms with E-state index < -0.39 is 5.97 Å². The second-order valence-electron chi connectivity index (χ2n) is 4.56. The lowest BCUT2D eigenvalue weighted by Gasteiger charge is -2.30. The van der Waals surface area contributed by atoms with Crippen molar-refractivity contribution < 1.29 is 14.3 Å². The van der Waals surface area contributed by atoms with Gasteiger partial charge in [-0.15, -0.1) is 0 Å². The van der Waals surface area contributed by atoms with Crippen molar-refractivity contribution in [2.24, 2.45) is 5.92 Å². The third kappa shape index (κ3) is 2.08. The molecule has 0 spiro atoms. The van der Waals surface area contributed by atoms with E-state index in [0.29, 0.717) is 5.92 Å². The van der Waals surface area contributed by atoms with E-state index in [1.54, 1.807) is 6.07 Å². The summed E-state index contributed by atoms with van der Waals surface area (Å²) < 4.78 is 13.2. The number of fused-ring (bicyclic) bond motifs is 1. The number of rotatable bonds is 2. The van der Waals surface area contributed by atoms with Gasteiger partial charge in [-0.05, 0) is 47.9 Å². The summed E-state index contributed by atoms with van der Waals surface area (Å²) >= 11 is 0. The van der Waals surface area contributed by atoms with E-state index in [0.717, 1.165) is 24.0 Å². The van der Waals surface area contributed by atoms with Crippen LogP contribution in [0.25, 0.3) is 0 Å². The Labute approximate surface area is 94.1 Å². The summed E-state index contributed by atoms with van der Waals surface area (Å²) in [5.74, 6) is -0.820. The molecule has 1 aliphatic carbocycles. The number of benzene rings is 1. The van der Waals surface area contributed by atoms with E-state index in [4.69, 9.17) is 5.11 Å². The number of aliphatic carboxylic acids is 1. The lowest BCUT2D eigenvalue weighted by Crippen LogP contribution is -2.21. The topological polar surface area (TPSA) is 37.3 Å². The lowest BCUT2D eigenvalue weighted by atomic mass is 9.74.